The fourth-order valence-electron chi connectivity index (χ4n) is 6.67. The third kappa shape index (κ3) is 9.56. The molecule has 0 radical (unpaired) electrons. The molecule has 0 spiro atoms. The lowest BCUT2D eigenvalue weighted by molar-refractivity contribution is 0.0650. The van der Waals surface area contributed by atoms with Gasteiger partial charge in [-0.3, -0.25) is 0 Å². The van der Waals surface area contributed by atoms with Crippen LogP contribution in [0, 0.1) is 0 Å². The minimum atomic E-state index is -1.57. The lowest BCUT2D eigenvalue weighted by Crippen LogP contribution is -2.25. The molecule has 0 saturated carbocycles. The van der Waals surface area contributed by atoms with Gasteiger partial charge in [-0.15, -0.1) is 0 Å². The second kappa shape index (κ2) is 18.3. The predicted octanol–water partition coefficient (Wildman–Crippen LogP) is 6.89. The van der Waals surface area contributed by atoms with Crippen molar-refractivity contribution in [2.75, 3.05) is 0 Å². The van der Waals surface area contributed by atoms with Gasteiger partial charge in [-0.25, -0.2) is 43.2 Å². The van der Waals surface area contributed by atoms with Gasteiger partial charge >= 0.3 is 53.7 Å². The van der Waals surface area contributed by atoms with Crippen molar-refractivity contribution in [2.24, 2.45) is 0 Å². The van der Waals surface area contributed by atoms with Crippen molar-refractivity contribution in [3.05, 3.63) is 194 Å². The number of carboxylic acids is 6. The highest BCUT2D eigenvalue weighted by Crippen LogP contribution is 2.41. The molecule has 0 aliphatic heterocycles. The highest BCUT2D eigenvalue weighted by atomic mass is 16.5. The zero-order valence-electron chi connectivity index (χ0n) is 33.2. The van der Waals surface area contributed by atoms with Crippen LogP contribution in [-0.4, -0.2) is 84.4 Å². The first-order valence-electron chi connectivity index (χ1n) is 18.6. The van der Waals surface area contributed by atoms with E-state index in [1.165, 1.54) is 36.4 Å². The Morgan fingerprint density at radius 3 is 0.738 bits per heavy atom. The first kappa shape index (κ1) is 45.1. The zero-order chi connectivity index (χ0) is 47.3. The van der Waals surface area contributed by atoms with E-state index in [1.54, 1.807) is 36.4 Å². The van der Waals surface area contributed by atoms with E-state index in [0.29, 0.717) is 16.7 Å². The van der Waals surface area contributed by atoms with Gasteiger partial charge in [0.2, 0.25) is 0 Å². The molecule has 6 aromatic rings. The summed E-state index contributed by atoms with van der Waals surface area (Å²) in [7, 11) is 0. The van der Waals surface area contributed by atoms with E-state index in [0.717, 1.165) is 54.6 Å². The summed E-state index contributed by atoms with van der Waals surface area (Å²) in [5.74, 6) is -12.1. The Balaban J connectivity index is 1.31. The van der Waals surface area contributed by atoms with Gasteiger partial charge < -0.3 is 44.8 Å². The molecule has 0 saturated heterocycles. The van der Waals surface area contributed by atoms with Crippen molar-refractivity contribution in [1.82, 2.24) is 0 Å². The van der Waals surface area contributed by atoms with Crippen molar-refractivity contribution in [1.29, 1.82) is 0 Å². The van der Waals surface area contributed by atoms with Crippen LogP contribution in [0.1, 0.15) is 117 Å². The van der Waals surface area contributed by atoms with Crippen LogP contribution in [0.15, 0.2) is 127 Å². The third-order valence-corrected chi connectivity index (χ3v) is 10.1. The smallest absolute Gasteiger partial charge is 0.343 e. The van der Waals surface area contributed by atoms with Gasteiger partial charge in [-0.2, -0.15) is 0 Å². The van der Waals surface area contributed by atoms with E-state index in [9.17, 15) is 73.8 Å². The van der Waals surface area contributed by atoms with Crippen molar-refractivity contribution in [3.63, 3.8) is 0 Å². The summed E-state index contributed by atoms with van der Waals surface area (Å²) in [6.45, 7) is 1.81. The quantitative estimate of drug-likeness (QED) is 0.0347. The van der Waals surface area contributed by atoms with Crippen molar-refractivity contribution in [2.45, 2.75) is 12.3 Å². The van der Waals surface area contributed by atoms with Crippen LogP contribution in [0.2, 0.25) is 0 Å². The molecular weight excluding hydrogens is 852 g/mol. The number of carboxylic acid groups (broad SMARTS) is 6. The van der Waals surface area contributed by atoms with E-state index in [1.807, 2.05) is 6.92 Å². The van der Waals surface area contributed by atoms with Crippen molar-refractivity contribution >= 4 is 53.7 Å². The molecule has 6 rings (SSSR count). The molecule has 65 heavy (non-hydrogen) atoms. The van der Waals surface area contributed by atoms with E-state index in [2.05, 4.69) is 0 Å². The summed E-state index contributed by atoms with van der Waals surface area (Å²) in [5, 5.41) is 56.4. The van der Waals surface area contributed by atoms with Gasteiger partial charge in [0.25, 0.3) is 0 Å². The SMILES string of the molecule is CC(c1ccc(OC(=O)c2ccc(C(=O)O)c(C(=O)O)c2)cc1)(c1ccc(OC(=O)c2ccc(C(=O)O)c(C(=O)O)c2)cc1)c1ccc(OC(=O)c2ccc(C(=O)O)c(C(=O)O)c2)cc1. The van der Waals surface area contributed by atoms with Gasteiger partial charge in [0.1, 0.15) is 17.2 Å². The van der Waals surface area contributed by atoms with Gasteiger partial charge in [-0.1, -0.05) is 36.4 Å². The summed E-state index contributed by atoms with van der Waals surface area (Å²) in [6.07, 6.45) is 0. The Morgan fingerprint density at radius 1 is 0.323 bits per heavy atom. The fraction of sp³-hybridized carbons (Fsp3) is 0.0426. The molecule has 18 heteroatoms. The molecule has 0 bridgehead atoms. The average Bonchev–Trinajstić information content (AvgIpc) is 3.28. The molecule has 0 atom stereocenters. The van der Waals surface area contributed by atoms with Crippen LogP contribution in [0.25, 0.3) is 0 Å². The molecular formula is C47H30O18. The van der Waals surface area contributed by atoms with Crippen molar-refractivity contribution in [3.8, 4) is 17.2 Å². The molecule has 0 unspecified atom stereocenters. The van der Waals surface area contributed by atoms with E-state index < -0.39 is 92.5 Å². The Hall–Kier alpha value is -9.45. The second-order valence-electron chi connectivity index (χ2n) is 14.0. The maximum Gasteiger partial charge on any atom is 0.343 e. The lowest BCUT2D eigenvalue weighted by atomic mass is 9.71. The van der Waals surface area contributed by atoms with Crippen LogP contribution in [-0.2, 0) is 5.41 Å². The highest BCUT2D eigenvalue weighted by molar-refractivity contribution is 6.06. The Bertz CT molecular complexity index is 2650. The Kier molecular flexibility index (Phi) is 12.7. The van der Waals surface area contributed by atoms with E-state index in [4.69, 9.17) is 14.2 Å². The van der Waals surface area contributed by atoms with Crippen LogP contribution in [0.5, 0.6) is 17.2 Å². The fourth-order valence-corrected chi connectivity index (χ4v) is 6.67. The molecule has 18 nitrogen and oxygen atoms in total. The summed E-state index contributed by atoms with van der Waals surface area (Å²) in [5.41, 5.74) is -3.54. The van der Waals surface area contributed by atoms with Crippen LogP contribution < -0.4 is 14.2 Å². The summed E-state index contributed by atoms with van der Waals surface area (Å²) < 4.78 is 16.4. The van der Waals surface area contributed by atoms with Crippen molar-refractivity contribution < 1.29 is 88.0 Å². The maximum absolute atomic E-state index is 13.0. The van der Waals surface area contributed by atoms with Gasteiger partial charge in [0.05, 0.1) is 50.1 Å². The van der Waals surface area contributed by atoms with E-state index in [-0.39, 0.29) is 33.9 Å². The van der Waals surface area contributed by atoms with Crippen LogP contribution in [0.4, 0.5) is 0 Å². The van der Waals surface area contributed by atoms with Gasteiger partial charge in [0, 0.05) is 5.41 Å². The Morgan fingerprint density at radius 2 is 0.538 bits per heavy atom. The molecule has 326 valence electrons. The number of aromatic carboxylic acids is 6. The number of ether oxygens (including phenoxy) is 3. The molecule has 0 aliphatic rings. The number of hydrogen-bond acceptors (Lipinski definition) is 12. The standard InChI is InChI=1S/C47H30O18/c1-47(26-5-11-29(12-6-26)63-44(60)23-2-17-32(38(48)49)35(20-23)41(54)55,27-7-13-30(14-8-27)64-45(61)24-3-18-33(39(50)51)36(21-24)42(56)57)28-9-15-31(16-10-28)65-46(62)25-4-19-34(40(52)53)37(22-25)43(58)59/h2-22H,1H3,(H,48,49)(H,50,51)(H,52,53)(H,54,55)(H,56,57)(H,58,59). The average molecular weight is 883 g/mol. The molecule has 0 aromatic heterocycles. The second-order valence-corrected chi connectivity index (χ2v) is 14.0. The number of carbonyl (C=O) groups is 9. The maximum atomic E-state index is 13.0. The normalized spacial score (nSPS) is 10.8. The third-order valence-electron chi connectivity index (χ3n) is 10.1. The minimum Gasteiger partial charge on any atom is -0.478 e. The molecule has 6 N–H and O–H groups in total. The number of benzene rings is 6. The largest absolute Gasteiger partial charge is 0.478 e. The summed E-state index contributed by atoms with van der Waals surface area (Å²) in [6, 6.07) is 27.2. The topological polar surface area (TPSA) is 303 Å². The monoisotopic (exact) mass is 882 g/mol. The molecule has 0 aliphatic carbocycles. The molecule has 6 aromatic carbocycles. The highest BCUT2D eigenvalue weighted by Gasteiger charge is 2.32. The van der Waals surface area contributed by atoms with E-state index >= 15 is 0 Å². The Labute approximate surface area is 364 Å². The van der Waals surface area contributed by atoms with Gasteiger partial charge in [0.15, 0.2) is 0 Å². The van der Waals surface area contributed by atoms with Crippen LogP contribution in [0.3, 0.4) is 0 Å². The number of rotatable bonds is 15. The summed E-state index contributed by atoms with van der Waals surface area (Å²) in [4.78, 5) is 109. The first-order chi connectivity index (χ1) is 30.8. The molecule has 0 fully saturated rings. The molecule has 0 amide bonds. The minimum absolute atomic E-state index is 0.0229. The summed E-state index contributed by atoms with van der Waals surface area (Å²) >= 11 is 0. The van der Waals surface area contributed by atoms with Crippen LogP contribution >= 0.6 is 0 Å². The first-order valence-corrected chi connectivity index (χ1v) is 18.6. The lowest BCUT2D eigenvalue weighted by Gasteiger charge is -2.32. The number of carbonyl (C=O) groups excluding carboxylic acids is 3. The zero-order valence-corrected chi connectivity index (χ0v) is 33.2. The predicted molar refractivity (Wildman–Crippen MR) is 221 cm³/mol. The van der Waals surface area contributed by atoms with Gasteiger partial charge in [-0.05, 0) is 115 Å². The number of hydrogen-bond donors (Lipinski definition) is 6. The number of esters is 3. The molecule has 0 heterocycles.